The van der Waals surface area contributed by atoms with Crippen molar-refractivity contribution in [2.45, 2.75) is 30.6 Å². The predicted octanol–water partition coefficient (Wildman–Crippen LogP) is 1.22. The molecule has 2 atom stereocenters. The molecule has 0 radical (unpaired) electrons. The maximum absolute atomic E-state index is 4.15. The zero-order valence-corrected chi connectivity index (χ0v) is 10.4. The topological polar surface area (TPSA) is 68.0 Å². The van der Waals surface area contributed by atoms with Gasteiger partial charge in [-0.05, 0) is 29.5 Å². The molecule has 1 fully saturated rings. The van der Waals surface area contributed by atoms with E-state index in [0.29, 0.717) is 16.9 Å². The van der Waals surface area contributed by atoms with Crippen molar-refractivity contribution in [2.24, 2.45) is 0 Å². The van der Waals surface area contributed by atoms with Crippen molar-refractivity contribution in [1.29, 1.82) is 0 Å². The average molecular weight is 250 g/mol. The molecule has 2 aromatic heterocycles. The molecule has 17 heavy (non-hydrogen) atoms. The number of fused-ring (bicyclic) bond motifs is 1. The molecule has 2 unspecified atom stereocenters. The van der Waals surface area contributed by atoms with Crippen molar-refractivity contribution in [3.05, 3.63) is 12.4 Å². The van der Waals surface area contributed by atoms with Gasteiger partial charge >= 0.3 is 0 Å². The Morgan fingerprint density at radius 3 is 3.24 bits per heavy atom. The highest BCUT2D eigenvalue weighted by Crippen LogP contribution is 2.30. The van der Waals surface area contributed by atoms with Crippen LogP contribution in [0.25, 0.3) is 5.65 Å². The molecule has 0 aromatic carbocycles. The van der Waals surface area contributed by atoms with Gasteiger partial charge in [0.25, 0.3) is 0 Å². The van der Waals surface area contributed by atoms with Crippen molar-refractivity contribution in [1.82, 2.24) is 25.0 Å². The fraction of sp³-hybridized carbons (Fsp3) is 0.600. The Morgan fingerprint density at radius 1 is 1.41 bits per heavy atom. The van der Waals surface area contributed by atoms with Crippen molar-refractivity contribution in [3.63, 3.8) is 0 Å². The molecule has 0 aliphatic heterocycles. The van der Waals surface area contributed by atoms with Gasteiger partial charge in [-0.3, -0.25) is 4.98 Å². The van der Waals surface area contributed by atoms with Gasteiger partial charge in [0.05, 0.1) is 12.4 Å². The van der Waals surface area contributed by atoms with E-state index in [2.05, 4.69) is 32.1 Å². The third-order valence-electron chi connectivity index (χ3n) is 3.20. The minimum Gasteiger partial charge on any atom is -0.365 e. The summed E-state index contributed by atoms with van der Waals surface area (Å²) in [5.74, 6) is 0.874. The number of nitrogens with one attached hydrogen (secondary N) is 1. The largest absolute Gasteiger partial charge is 0.365 e. The molecular formula is C10H14N6S. The molecule has 1 aliphatic rings. The second-order valence-corrected chi connectivity index (χ2v) is 5.27. The van der Waals surface area contributed by atoms with Gasteiger partial charge in [-0.1, -0.05) is 6.42 Å². The summed E-state index contributed by atoms with van der Waals surface area (Å²) in [6.45, 7) is 0. The van der Waals surface area contributed by atoms with Crippen LogP contribution in [0.1, 0.15) is 19.3 Å². The molecule has 1 aliphatic carbocycles. The first-order valence-electron chi connectivity index (χ1n) is 5.70. The van der Waals surface area contributed by atoms with Crippen LogP contribution in [0, 0.1) is 0 Å². The Bertz CT molecular complexity index is 512. The van der Waals surface area contributed by atoms with Gasteiger partial charge in [0.2, 0.25) is 0 Å². The van der Waals surface area contributed by atoms with Gasteiger partial charge in [0, 0.05) is 11.3 Å². The predicted molar refractivity (Wildman–Crippen MR) is 67.1 cm³/mol. The van der Waals surface area contributed by atoms with Crippen LogP contribution in [0.2, 0.25) is 0 Å². The minimum absolute atomic E-state index is 0.488. The first kappa shape index (κ1) is 10.8. The highest BCUT2D eigenvalue weighted by Gasteiger charge is 2.26. The fourth-order valence-electron chi connectivity index (χ4n) is 2.34. The molecule has 0 amide bonds. The SMILES string of the molecule is CSC1CCCC1Nc1cncc2nnnn12. The lowest BCUT2D eigenvalue weighted by Crippen LogP contribution is -2.27. The number of nitrogens with zero attached hydrogens (tertiary/aromatic N) is 5. The number of aromatic nitrogens is 5. The highest BCUT2D eigenvalue weighted by atomic mass is 32.2. The molecule has 90 valence electrons. The van der Waals surface area contributed by atoms with Crippen LogP contribution in [0.4, 0.5) is 5.82 Å². The van der Waals surface area contributed by atoms with E-state index in [1.54, 1.807) is 16.9 Å². The zero-order valence-electron chi connectivity index (χ0n) is 9.58. The molecule has 0 saturated heterocycles. The molecule has 1 saturated carbocycles. The van der Waals surface area contributed by atoms with Crippen LogP contribution in [0.15, 0.2) is 12.4 Å². The third-order valence-corrected chi connectivity index (χ3v) is 4.37. The van der Waals surface area contributed by atoms with Gasteiger partial charge in [-0.15, -0.1) is 5.10 Å². The van der Waals surface area contributed by atoms with Crippen molar-refractivity contribution in [3.8, 4) is 0 Å². The number of thioether (sulfide) groups is 1. The van der Waals surface area contributed by atoms with Crippen LogP contribution in [0.5, 0.6) is 0 Å². The van der Waals surface area contributed by atoms with E-state index in [1.807, 2.05) is 11.8 Å². The van der Waals surface area contributed by atoms with E-state index < -0.39 is 0 Å². The lowest BCUT2D eigenvalue weighted by Gasteiger charge is -2.19. The second kappa shape index (κ2) is 4.48. The monoisotopic (exact) mass is 250 g/mol. The average Bonchev–Trinajstić information content (AvgIpc) is 2.97. The van der Waals surface area contributed by atoms with Crippen molar-refractivity contribution >= 4 is 23.2 Å². The van der Waals surface area contributed by atoms with E-state index in [1.165, 1.54) is 19.3 Å². The van der Waals surface area contributed by atoms with E-state index in [0.717, 1.165) is 5.82 Å². The Kier molecular flexibility index (Phi) is 2.84. The van der Waals surface area contributed by atoms with Crippen LogP contribution < -0.4 is 5.32 Å². The van der Waals surface area contributed by atoms with Crippen LogP contribution in [-0.2, 0) is 0 Å². The van der Waals surface area contributed by atoms with E-state index in [9.17, 15) is 0 Å². The van der Waals surface area contributed by atoms with Crippen LogP contribution in [-0.4, -0.2) is 42.6 Å². The molecule has 3 rings (SSSR count). The number of rotatable bonds is 3. The van der Waals surface area contributed by atoms with Gasteiger partial charge in [-0.2, -0.15) is 16.3 Å². The summed E-state index contributed by atoms with van der Waals surface area (Å²) >= 11 is 1.92. The lowest BCUT2D eigenvalue weighted by molar-refractivity contribution is 0.742. The second-order valence-electron chi connectivity index (χ2n) is 4.20. The first-order chi connectivity index (χ1) is 8.38. The Balaban J connectivity index is 1.87. The fourth-order valence-corrected chi connectivity index (χ4v) is 3.27. The normalized spacial score (nSPS) is 24.3. The summed E-state index contributed by atoms with van der Waals surface area (Å²) in [5, 5.41) is 15.7. The molecule has 0 spiro atoms. The minimum atomic E-state index is 0.488. The maximum atomic E-state index is 4.15. The standard InChI is InChI=1S/C10H14N6S/c1-17-8-4-2-3-7(8)12-9-5-11-6-10-13-14-15-16(9)10/h5-8,12H,2-4H2,1H3. The Hall–Kier alpha value is -1.37. The zero-order chi connectivity index (χ0) is 11.7. The smallest absolute Gasteiger partial charge is 0.199 e. The number of hydrogen-bond acceptors (Lipinski definition) is 6. The molecular weight excluding hydrogens is 236 g/mol. The molecule has 7 heteroatoms. The summed E-state index contributed by atoms with van der Waals surface area (Å²) in [7, 11) is 0. The molecule has 2 aromatic rings. The molecule has 6 nitrogen and oxygen atoms in total. The Morgan fingerprint density at radius 2 is 2.35 bits per heavy atom. The molecule has 0 bridgehead atoms. The first-order valence-corrected chi connectivity index (χ1v) is 6.98. The van der Waals surface area contributed by atoms with Crippen molar-refractivity contribution in [2.75, 3.05) is 11.6 Å². The quantitative estimate of drug-likeness (QED) is 0.883. The molecule has 2 heterocycles. The lowest BCUT2D eigenvalue weighted by atomic mass is 10.2. The van der Waals surface area contributed by atoms with Gasteiger partial charge in [-0.25, -0.2) is 0 Å². The number of tetrazole rings is 1. The third kappa shape index (κ3) is 1.95. The summed E-state index contributed by atoms with van der Waals surface area (Å²) in [6, 6.07) is 0.488. The van der Waals surface area contributed by atoms with E-state index >= 15 is 0 Å². The van der Waals surface area contributed by atoms with Gasteiger partial charge in [0.1, 0.15) is 0 Å². The van der Waals surface area contributed by atoms with Crippen LogP contribution in [0.3, 0.4) is 0 Å². The van der Waals surface area contributed by atoms with E-state index in [4.69, 9.17) is 0 Å². The van der Waals surface area contributed by atoms with Gasteiger partial charge < -0.3 is 5.32 Å². The summed E-state index contributed by atoms with van der Waals surface area (Å²) in [4.78, 5) is 4.15. The number of anilines is 1. The van der Waals surface area contributed by atoms with Crippen molar-refractivity contribution < 1.29 is 0 Å². The summed E-state index contributed by atoms with van der Waals surface area (Å²) in [5.41, 5.74) is 0.675. The maximum Gasteiger partial charge on any atom is 0.199 e. The van der Waals surface area contributed by atoms with Crippen LogP contribution >= 0.6 is 11.8 Å². The summed E-state index contributed by atoms with van der Waals surface area (Å²) in [6.07, 6.45) is 9.36. The van der Waals surface area contributed by atoms with Gasteiger partial charge in [0.15, 0.2) is 11.5 Å². The number of hydrogen-bond donors (Lipinski definition) is 1. The Labute approximate surface area is 103 Å². The molecule has 1 N–H and O–H groups in total. The highest BCUT2D eigenvalue weighted by molar-refractivity contribution is 7.99. The summed E-state index contributed by atoms with van der Waals surface area (Å²) < 4.78 is 1.70. The van der Waals surface area contributed by atoms with E-state index in [-0.39, 0.29) is 0 Å².